The van der Waals surface area contributed by atoms with E-state index in [0.29, 0.717) is 0 Å². The van der Waals surface area contributed by atoms with Crippen LogP contribution in [0.25, 0.3) is 0 Å². The van der Waals surface area contributed by atoms with Crippen LogP contribution in [0.1, 0.15) is 11.6 Å². The van der Waals surface area contributed by atoms with Crippen molar-refractivity contribution in [3.05, 3.63) is 63.0 Å². The van der Waals surface area contributed by atoms with E-state index in [2.05, 4.69) is 37.2 Å². The molecule has 1 N–H and O–H groups in total. The molecule has 2 aromatic carbocycles. The minimum absolute atomic E-state index is 0.330. The number of methoxy groups -OCH3 is 1. The zero-order chi connectivity index (χ0) is 14.5. The van der Waals surface area contributed by atoms with E-state index in [4.69, 9.17) is 4.74 Å². The van der Waals surface area contributed by atoms with Gasteiger partial charge in [-0.2, -0.15) is 0 Å². The van der Waals surface area contributed by atoms with Crippen LogP contribution < -0.4 is 5.32 Å². The SMILES string of the molecule is COC(=O)C(Nc1ccccc1Br)c1ccc(Br)cc1. The summed E-state index contributed by atoms with van der Waals surface area (Å²) in [6, 6.07) is 14.7. The average molecular weight is 399 g/mol. The highest BCUT2D eigenvalue weighted by Gasteiger charge is 2.21. The van der Waals surface area contributed by atoms with Crippen molar-refractivity contribution < 1.29 is 9.53 Å². The van der Waals surface area contributed by atoms with Crippen LogP contribution in [0.4, 0.5) is 5.69 Å². The number of ether oxygens (including phenoxy) is 1. The number of nitrogens with one attached hydrogen (secondary N) is 1. The topological polar surface area (TPSA) is 38.3 Å². The fourth-order valence-electron chi connectivity index (χ4n) is 1.79. The molecule has 104 valence electrons. The quantitative estimate of drug-likeness (QED) is 0.768. The van der Waals surface area contributed by atoms with Crippen LogP contribution in [-0.2, 0) is 9.53 Å². The lowest BCUT2D eigenvalue weighted by Crippen LogP contribution is -2.22. The van der Waals surface area contributed by atoms with Gasteiger partial charge in [0.15, 0.2) is 6.04 Å². The molecule has 0 radical (unpaired) electrons. The second-order valence-corrected chi connectivity index (χ2v) is 5.90. The predicted molar refractivity (Wildman–Crippen MR) is 86.7 cm³/mol. The van der Waals surface area contributed by atoms with Gasteiger partial charge in [-0.1, -0.05) is 40.2 Å². The molecule has 0 bridgehead atoms. The summed E-state index contributed by atoms with van der Waals surface area (Å²) >= 11 is 6.84. The summed E-state index contributed by atoms with van der Waals surface area (Å²) in [6.07, 6.45) is 0. The Hall–Kier alpha value is -1.33. The third kappa shape index (κ3) is 3.61. The summed E-state index contributed by atoms with van der Waals surface area (Å²) in [5.41, 5.74) is 1.68. The molecule has 2 aromatic rings. The first kappa shape index (κ1) is 15.1. The lowest BCUT2D eigenvalue weighted by Gasteiger charge is -2.19. The van der Waals surface area contributed by atoms with E-state index < -0.39 is 6.04 Å². The number of carbonyl (C=O) groups excluding carboxylic acids is 1. The molecule has 0 saturated heterocycles. The van der Waals surface area contributed by atoms with E-state index in [1.54, 1.807) is 0 Å². The van der Waals surface area contributed by atoms with Crippen LogP contribution in [0.15, 0.2) is 57.5 Å². The van der Waals surface area contributed by atoms with E-state index >= 15 is 0 Å². The second kappa shape index (κ2) is 6.90. The number of hydrogen-bond donors (Lipinski definition) is 1. The number of hydrogen-bond acceptors (Lipinski definition) is 3. The molecule has 0 amide bonds. The van der Waals surface area contributed by atoms with E-state index in [-0.39, 0.29) is 5.97 Å². The maximum Gasteiger partial charge on any atom is 0.332 e. The zero-order valence-electron chi connectivity index (χ0n) is 10.8. The molecule has 1 atom stereocenters. The van der Waals surface area contributed by atoms with Crippen molar-refractivity contribution in [3.8, 4) is 0 Å². The van der Waals surface area contributed by atoms with Gasteiger partial charge in [-0.25, -0.2) is 4.79 Å². The van der Waals surface area contributed by atoms with Gasteiger partial charge < -0.3 is 10.1 Å². The Morgan fingerprint density at radius 2 is 1.75 bits per heavy atom. The Balaban J connectivity index is 2.31. The fourth-order valence-corrected chi connectivity index (χ4v) is 2.45. The summed E-state index contributed by atoms with van der Waals surface area (Å²) in [5, 5.41) is 3.20. The van der Waals surface area contributed by atoms with Gasteiger partial charge in [-0.3, -0.25) is 0 Å². The molecule has 0 fully saturated rings. The van der Waals surface area contributed by atoms with Crippen molar-refractivity contribution in [1.82, 2.24) is 0 Å². The van der Waals surface area contributed by atoms with Crippen LogP contribution in [0, 0.1) is 0 Å². The van der Waals surface area contributed by atoms with Crippen molar-refractivity contribution in [2.75, 3.05) is 12.4 Å². The Kier molecular flexibility index (Phi) is 5.20. The van der Waals surface area contributed by atoms with Crippen molar-refractivity contribution >= 4 is 43.5 Å². The number of esters is 1. The third-order valence-electron chi connectivity index (χ3n) is 2.81. The van der Waals surface area contributed by atoms with Crippen molar-refractivity contribution in [1.29, 1.82) is 0 Å². The smallest absolute Gasteiger partial charge is 0.332 e. The first-order valence-corrected chi connectivity index (χ1v) is 7.55. The highest BCUT2D eigenvalue weighted by Crippen LogP contribution is 2.27. The average Bonchev–Trinajstić information content (AvgIpc) is 2.47. The normalized spacial score (nSPS) is 11.8. The number of carbonyl (C=O) groups is 1. The van der Waals surface area contributed by atoms with Crippen molar-refractivity contribution in [3.63, 3.8) is 0 Å². The van der Waals surface area contributed by atoms with Crippen LogP contribution in [0.5, 0.6) is 0 Å². The molecule has 1 unspecified atom stereocenters. The summed E-state index contributed by atoms with van der Waals surface area (Å²) in [4.78, 5) is 12.0. The molecule has 0 spiro atoms. The van der Waals surface area contributed by atoms with E-state index in [0.717, 1.165) is 20.2 Å². The van der Waals surface area contributed by atoms with Gasteiger partial charge in [0.1, 0.15) is 0 Å². The summed E-state index contributed by atoms with van der Waals surface area (Å²) in [7, 11) is 1.38. The van der Waals surface area contributed by atoms with Crippen LogP contribution >= 0.6 is 31.9 Å². The lowest BCUT2D eigenvalue weighted by atomic mass is 10.1. The number of anilines is 1. The first-order chi connectivity index (χ1) is 9.61. The molecule has 0 aliphatic rings. The molecule has 20 heavy (non-hydrogen) atoms. The number of para-hydroxylation sites is 1. The summed E-state index contributed by atoms with van der Waals surface area (Å²) < 4.78 is 6.74. The van der Waals surface area contributed by atoms with Gasteiger partial charge in [0.2, 0.25) is 0 Å². The summed E-state index contributed by atoms with van der Waals surface area (Å²) in [5.74, 6) is -0.330. The molecular weight excluding hydrogens is 386 g/mol. The minimum Gasteiger partial charge on any atom is -0.467 e. The second-order valence-electron chi connectivity index (χ2n) is 4.13. The monoisotopic (exact) mass is 397 g/mol. The Labute approximate surface area is 134 Å². The van der Waals surface area contributed by atoms with Gasteiger partial charge in [-0.15, -0.1) is 0 Å². The highest BCUT2D eigenvalue weighted by molar-refractivity contribution is 9.10. The van der Waals surface area contributed by atoms with E-state index in [1.807, 2.05) is 48.5 Å². The lowest BCUT2D eigenvalue weighted by molar-refractivity contribution is -0.141. The number of halogens is 2. The zero-order valence-corrected chi connectivity index (χ0v) is 13.9. The molecule has 0 aliphatic carbocycles. The highest BCUT2D eigenvalue weighted by atomic mass is 79.9. The Morgan fingerprint density at radius 1 is 1.10 bits per heavy atom. The molecule has 2 rings (SSSR count). The van der Waals surface area contributed by atoms with Crippen molar-refractivity contribution in [2.45, 2.75) is 6.04 Å². The Morgan fingerprint density at radius 3 is 2.35 bits per heavy atom. The van der Waals surface area contributed by atoms with Gasteiger partial charge >= 0.3 is 5.97 Å². The molecule has 0 saturated carbocycles. The first-order valence-electron chi connectivity index (χ1n) is 5.96. The molecule has 0 heterocycles. The van der Waals surface area contributed by atoms with Gasteiger partial charge in [0.25, 0.3) is 0 Å². The number of benzene rings is 2. The van der Waals surface area contributed by atoms with Gasteiger partial charge in [0.05, 0.1) is 7.11 Å². The predicted octanol–water partition coefficient (Wildman–Crippen LogP) is 4.54. The van der Waals surface area contributed by atoms with Crippen LogP contribution in [0.2, 0.25) is 0 Å². The van der Waals surface area contributed by atoms with Crippen LogP contribution in [-0.4, -0.2) is 13.1 Å². The van der Waals surface area contributed by atoms with Gasteiger partial charge in [0, 0.05) is 14.6 Å². The minimum atomic E-state index is -0.549. The fraction of sp³-hybridized carbons (Fsp3) is 0.133. The van der Waals surface area contributed by atoms with Crippen LogP contribution in [0.3, 0.4) is 0 Å². The molecular formula is C15H13Br2NO2. The molecule has 3 nitrogen and oxygen atoms in total. The van der Waals surface area contributed by atoms with Gasteiger partial charge in [-0.05, 0) is 45.8 Å². The largest absolute Gasteiger partial charge is 0.467 e. The summed E-state index contributed by atoms with van der Waals surface area (Å²) in [6.45, 7) is 0. The number of rotatable bonds is 4. The molecule has 0 aromatic heterocycles. The molecule has 0 aliphatic heterocycles. The van der Waals surface area contributed by atoms with E-state index in [9.17, 15) is 4.79 Å². The van der Waals surface area contributed by atoms with Crippen molar-refractivity contribution in [2.24, 2.45) is 0 Å². The molecule has 5 heteroatoms. The maximum absolute atomic E-state index is 12.0. The third-order valence-corrected chi connectivity index (χ3v) is 4.03. The standard InChI is InChI=1S/C15H13Br2NO2/c1-20-15(19)14(10-6-8-11(16)9-7-10)18-13-5-3-2-4-12(13)17/h2-9,14,18H,1H3. The Bertz CT molecular complexity index is 599. The van der Waals surface area contributed by atoms with E-state index in [1.165, 1.54) is 7.11 Å². The maximum atomic E-state index is 12.0.